The Morgan fingerprint density at radius 1 is 0.429 bits per heavy atom. The first-order valence-corrected chi connectivity index (χ1v) is 18.4. The number of rotatable bonds is 12. The molecule has 0 amide bonds. The minimum atomic E-state index is -7.22. The van der Waals surface area contributed by atoms with Crippen LogP contribution < -0.4 is 26.6 Å². The molecule has 5 rings (SSSR count). The van der Waals surface area contributed by atoms with Crippen LogP contribution in [-0.2, 0) is 10.9 Å². The summed E-state index contributed by atoms with van der Waals surface area (Å²) in [5.74, 6) is -69.1. The molecule has 63 heavy (non-hydrogen) atoms. The van der Waals surface area contributed by atoms with Crippen LogP contribution in [0.2, 0.25) is 0 Å². The van der Waals surface area contributed by atoms with Crippen molar-refractivity contribution in [3.8, 4) is 5.75 Å². The average Bonchev–Trinajstić information content (AvgIpc) is 3.26. The Bertz CT molecular complexity index is 2210. The first-order chi connectivity index (χ1) is 29.4. The fourth-order valence-corrected chi connectivity index (χ4v) is 7.97. The molecule has 26 heteroatoms. The molecule has 0 aliphatic heterocycles. The lowest BCUT2D eigenvalue weighted by molar-refractivity contribution is 0.102. The van der Waals surface area contributed by atoms with Gasteiger partial charge in [0, 0.05) is 16.5 Å². The number of ketones is 1. The Morgan fingerprint density at radius 3 is 0.857 bits per heavy atom. The van der Waals surface area contributed by atoms with Crippen molar-refractivity contribution in [2.45, 2.75) is 0 Å². The minimum Gasteiger partial charge on any atom is -0.497 e. The highest BCUT2D eigenvalue weighted by molar-refractivity contribution is 7.97. The van der Waals surface area contributed by atoms with Gasteiger partial charge < -0.3 is 14.9 Å². The number of hydrogen-bond acceptors (Lipinski definition) is 4. The van der Waals surface area contributed by atoms with Crippen molar-refractivity contribution < 1.29 is 108 Å². The van der Waals surface area contributed by atoms with E-state index in [9.17, 15) is 57.5 Å². The summed E-state index contributed by atoms with van der Waals surface area (Å²) < 4.78 is 299. The Morgan fingerprint density at radius 2 is 0.651 bits per heavy atom. The quantitative estimate of drug-likeness (QED) is 0.0384. The van der Waals surface area contributed by atoms with Gasteiger partial charge in [-0.05, 0) is 24.3 Å². The van der Waals surface area contributed by atoms with Gasteiger partial charge in [0.15, 0.2) is 75.6 Å². The number of carbonyl (C=O) groups is 1. The second kappa shape index (κ2) is 19.5. The minimum absolute atomic E-state index is 0.0443. The molecule has 0 aliphatic carbocycles. The van der Waals surface area contributed by atoms with E-state index in [1.807, 2.05) is 0 Å². The van der Waals surface area contributed by atoms with E-state index >= 15 is 35.1 Å². The molecule has 0 saturated heterocycles. The van der Waals surface area contributed by atoms with E-state index in [0.717, 1.165) is 5.75 Å². The van der Waals surface area contributed by atoms with Gasteiger partial charge in [-0.2, -0.15) is 0 Å². The number of carbonyl (C=O) groups excluding carboxylic acids is 1. The number of aliphatic hydroxyl groups excluding tert-OH is 2. The zero-order valence-electron chi connectivity index (χ0n) is 30.6. The second-order valence-corrected chi connectivity index (χ2v) is 14.9. The third kappa shape index (κ3) is 8.50. The summed E-state index contributed by atoms with van der Waals surface area (Å²) in [4.78, 5) is 12.0. The topological polar surface area (TPSA) is 66.8 Å². The lowest BCUT2D eigenvalue weighted by Crippen LogP contribution is -2.81. The van der Waals surface area contributed by atoms with Gasteiger partial charge in [-0.3, -0.25) is 4.79 Å². The Kier molecular flexibility index (Phi) is 15.5. The van der Waals surface area contributed by atoms with E-state index in [4.69, 9.17) is 14.9 Å². The van der Waals surface area contributed by atoms with E-state index in [-0.39, 0.29) is 29.9 Å². The third-order valence-corrected chi connectivity index (χ3v) is 11.4. The fraction of sp³-hybridized carbons (Fsp3) is 0.162. The predicted octanol–water partition coefficient (Wildman–Crippen LogP) is 6.33. The molecule has 2 N–H and O–H groups in total. The molecule has 4 nitrogen and oxygen atoms in total. The van der Waals surface area contributed by atoms with Gasteiger partial charge in [-0.15, -0.1) is 21.9 Å². The maximum Gasteiger partial charge on any atom is 0.211 e. The van der Waals surface area contributed by atoms with Gasteiger partial charge in [0.25, 0.3) is 0 Å². The highest BCUT2D eigenvalue weighted by atomic mass is 32.2. The van der Waals surface area contributed by atoms with E-state index < -0.39 is 144 Å². The fourth-order valence-electron chi connectivity index (χ4n) is 6.42. The maximum atomic E-state index is 15.4. The van der Waals surface area contributed by atoms with E-state index in [0.29, 0.717) is 22.8 Å². The average molecular weight is 950 g/mol. The molecule has 5 aromatic rings. The number of ether oxygens (including phenoxy) is 1. The molecule has 0 aliphatic rings. The van der Waals surface area contributed by atoms with Crippen LogP contribution in [0.15, 0.2) is 24.3 Å². The van der Waals surface area contributed by atoms with Crippen LogP contribution in [0.1, 0.15) is 10.4 Å². The third-order valence-electron chi connectivity index (χ3n) is 9.21. The van der Waals surface area contributed by atoms with Crippen LogP contribution in [-0.4, -0.2) is 59.7 Å². The van der Waals surface area contributed by atoms with Crippen LogP contribution in [0.4, 0.5) is 87.8 Å². The summed E-state index contributed by atoms with van der Waals surface area (Å²) in [6.45, 7) is 0.109. The van der Waals surface area contributed by atoms with Crippen molar-refractivity contribution in [1.29, 1.82) is 0 Å². The van der Waals surface area contributed by atoms with Crippen LogP contribution in [0.25, 0.3) is 0 Å². The number of methoxy groups -OCH3 is 1. The van der Waals surface area contributed by atoms with Crippen molar-refractivity contribution >= 4 is 44.7 Å². The largest absolute Gasteiger partial charge is 0.497 e. The van der Waals surface area contributed by atoms with Gasteiger partial charge >= 0.3 is 0 Å². The molecule has 340 valence electrons. The maximum absolute atomic E-state index is 15.4. The van der Waals surface area contributed by atoms with Crippen molar-refractivity contribution in [1.82, 2.24) is 0 Å². The SMILES string of the molecule is COc1ccc(C(=O)C[S+](CCO)CCO)cc1.Fc1c(F)c(F)c([B-](c2c(F)c(F)c(F)c(F)c2F)(c2c(F)c(F)c(F)c(F)c2F)c2c(F)c(F)c(F)c(F)c2F)c(F)c1F. The molecule has 0 unspecified atom stereocenters. The molecular weight excluding hydrogens is 931 g/mol. The molecule has 0 spiro atoms. The van der Waals surface area contributed by atoms with E-state index in [2.05, 4.69) is 0 Å². The van der Waals surface area contributed by atoms with Crippen LogP contribution in [0.3, 0.4) is 0 Å². The van der Waals surface area contributed by atoms with Crippen LogP contribution in [0.5, 0.6) is 5.75 Å². The molecule has 0 heterocycles. The summed E-state index contributed by atoms with van der Waals surface area (Å²) in [6, 6.07) is 6.98. The molecule has 5 aromatic carbocycles. The smallest absolute Gasteiger partial charge is 0.211 e. The Labute approximate surface area is 341 Å². The molecule has 0 fully saturated rings. The first kappa shape index (κ1) is 50.2. The Balaban J connectivity index is 0.000000405. The molecular formula is C37H19BF20O4S. The Hall–Kier alpha value is -5.50. The van der Waals surface area contributed by atoms with E-state index in [1.54, 1.807) is 31.4 Å². The lowest BCUT2D eigenvalue weighted by Gasteiger charge is -2.44. The second-order valence-electron chi connectivity index (χ2n) is 12.6. The van der Waals surface area contributed by atoms with Gasteiger partial charge in [-0.1, -0.05) is 0 Å². The first-order valence-electron chi connectivity index (χ1n) is 16.7. The number of Topliss-reactive ketones (excluding diaryl/α,β-unsaturated/α-hetero) is 1. The highest BCUT2D eigenvalue weighted by Crippen LogP contribution is 2.31. The normalized spacial score (nSPS) is 11.6. The zero-order valence-corrected chi connectivity index (χ0v) is 31.4. The standard InChI is InChI=1S/C24BF20.C13H19O4S/c26-5-1(6(27)14(35)21(42)13(5)34)25(2-7(28)15(36)22(43)16(37)8(2)29,3-9(30)17(38)23(44)18(39)10(3)31)4-11(32)19(40)24(45)20(41)12(4)33;1-17-12-4-2-11(3-5-12)13(16)10-18(8-6-14)9-7-15/h;2-5,14-15H,6-10H2,1H3/q-1;+1. The van der Waals surface area contributed by atoms with Crippen LogP contribution >= 0.6 is 0 Å². The monoisotopic (exact) mass is 950 g/mol. The van der Waals surface area contributed by atoms with Crippen molar-refractivity contribution in [3.63, 3.8) is 0 Å². The summed E-state index contributed by atoms with van der Waals surface area (Å²) in [6.07, 6.45) is -7.22. The van der Waals surface area contributed by atoms with Crippen molar-refractivity contribution in [3.05, 3.63) is 146 Å². The summed E-state index contributed by atoms with van der Waals surface area (Å²) >= 11 is 0. The molecule has 0 aromatic heterocycles. The lowest BCUT2D eigenvalue weighted by atomic mass is 9.12. The highest BCUT2D eigenvalue weighted by Gasteiger charge is 2.52. The molecule has 0 saturated carbocycles. The van der Waals surface area contributed by atoms with Crippen molar-refractivity contribution in [2.75, 3.05) is 37.6 Å². The van der Waals surface area contributed by atoms with Crippen molar-refractivity contribution in [2.24, 2.45) is 0 Å². The van der Waals surface area contributed by atoms with Gasteiger partial charge in [0.1, 0.15) is 69.9 Å². The number of hydrogen-bond donors (Lipinski definition) is 2. The number of aliphatic hydroxyl groups is 2. The summed E-state index contributed by atoms with van der Waals surface area (Å²) in [7, 11) is 1.34. The van der Waals surface area contributed by atoms with Gasteiger partial charge in [0.2, 0.25) is 5.78 Å². The van der Waals surface area contributed by atoms with Gasteiger partial charge in [0.05, 0.1) is 20.3 Å². The zero-order chi connectivity index (χ0) is 47.7. The summed E-state index contributed by atoms with van der Waals surface area (Å²) in [5.41, 5.74) is -13.7. The molecule has 0 atom stereocenters. The molecule has 0 bridgehead atoms. The van der Waals surface area contributed by atoms with Gasteiger partial charge in [-0.25, -0.2) is 87.8 Å². The number of benzene rings is 5. The summed E-state index contributed by atoms with van der Waals surface area (Å²) in [5, 5.41) is 17.8. The van der Waals surface area contributed by atoms with E-state index in [1.165, 1.54) is 0 Å². The number of halogens is 20. The predicted molar refractivity (Wildman–Crippen MR) is 183 cm³/mol. The molecule has 0 radical (unpaired) electrons. The van der Waals surface area contributed by atoms with Crippen LogP contribution in [0, 0.1) is 116 Å².